The van der Waals surface area contributed by atoms with Gasteiger partial charge in [0.2, 0.25) is 0 Å². The number of allylic oxidation sites excluding steroid dienone is 1. The Bertz CT molecular complexity index is 639. The molecule has 3 heterocycles. The van der Waals surface area contributed by atoms with E-state index in [4.69, 9.17) is 0 Å². The number of piperazine rings is 1. The molecule has 0 N–H and O–H groups in total. The number of anilines is 1. The smallest absolute Gasteiger partial charge is 0.0731 e. The number of rotatable bonds is 3. The van der Waals surface area contributed by atoms with Crippen molar-refractivity contribution in [1.82, 2.24) is 9.88 Å². The van der Waals surface area contributed by atoms with E-state index >= 15 is 0 Å². The van der Waals surface area contributed by atoms with Crippen LogP contribution in [-0.4, -0.2) is 43.1 Å². The van der Waals surface area contributed by atoms with Gasteiger partial charge in [-0.3, -0.25) is 4.98 Å². The summed E-state index contributed by atoms with van der Waals surface area (Å²) in [6, 6.07) is 6.50. The molecule has 0 amide bonds. The van der Waals surface area contributed by atoms with Crippen molar-refractivity contribution in [2.24, 2.45) is 0 Å². The van der Waals surface area contributed by atoms with Gasteiger partial charge >= 0.3 is 0 Å². The molecule has 3 nitrogen and oxygen atoms in total. The molecule has 0 saturated carbocycles. The van der Waals surface area contributed by atoms with Crippen LogP contribution in [0.5, 0.6) is 0 Å². The van der Waals surface area contributed by atoms with Gasteiger partial charge in [0.05, 0.1) is 5.69 Å². The molecular formula is C17H21N3S. The van der Waals surface area contributed by atoms with E-state index in [2.05, 4.69) is 52.0 Å². The number of pyridine rings is 1. The Morgan fingerprint density at radius 2 is 2.00 bits per heavy atom. The minimum Gasteiger partial charge on any atom is -0.369 e. The molecule has 0 spiro atoms. The molecule has 1 aliphatic rings. The van der Waals surface area contributed by atoms with Crippen molar-refractivity contribution in [3.8, 4) is 11.3 Å². The van der Waals surface area contributed by atoms with E-state index in [0.29, 0.717) is 0 Å². The predicted molar refractivity (Wildman–Crippen MR) is 92.0 cm³/mol. The lowest BCUT2D eigenvalue weighted by Crippen LogP contribution is -2.44. The highest BCUT2D eigenvalue weighted by Gasteiger charge is 2.15. The van der Waals surface area contributed by atoms with E-state index in [1.54, 1.807) is 11.3 Å². The van der Waals surface area contributed by atoms with Gasteiger partial charge in [0.15, 0.2) is 0 Å². The van der Waals surface area contributed by atoms with Gasteiger partial charge in [0.25, 0.3) is 0 Å². The quantitative estimate of drug-likeness (QED) is 0.863. The van der Waals surface area contributed by atoms with Crippen molar-refractivity contribution in [2.45, 2.75) is 6.92 Å². The molecule has 0 aliphatic carbocycles. The van der Waals surface area contributed by atoms with Crippen molar-refractivity contribution in [3.05, 3.63) is 41.2 Å². The summed E-state index contributed by atoms with van der Waals surface area (Å²) >= 11 is 1.73. The second-order valence-corrected chi connectivity index (χ2v) is 6.58. The van der Waals surface area contributed by atoms with Gasteiger partial charge < -0.3 is 9.80 Å². The maximum Gasteiger partial charge on any atom is 0.0731 e. The van der Waals surface area contributed by atoms with Gasteiger partial charge in [-0.2, -0.15) is 0 Å². The number of nitrogens with zero attached hydrogens (tertiary/aromatic N) is 3. The molecule has 21 heavy (non-hydrogen) atoms. The van der Waals surface area contributed by atoms with Crippen LogP contribution in [0.2, 0.25) is 0 Å². The molecule has 110 valence electrons. The standard InChI is InChI=1S/C17H21N3S/c1-13(2)17-10-14(12-21-17)16-11-15(4-5-18-16)20-8-6-19(3)7-9-20/h4-5,10-12H,1,6-9H2,2-3H3. The highest BCUT2D eigenvalue weighted by atomic mass is 32.1. The third-order valence-electron chi connectivity index (χ3n) is 3.93. The van der Waals surface area contributed by atoms with Gasteiger partial charge in [-0.25, -0.2) is 0 Å². The number of aromatic nitrogens is 1. The zero-order chi connectivity index (χ0) is 14.8. The van der Waals surface area contributed by atoms with E-state index in [0.717, 1.165) is 37.4 Å². The number of thiophene rings is 1. The SMILES string of the molecule is C=C(C)c1cc(-c2cc(N3CCN(C)CC3)ccn2)cs1. The predicted octanol–water partition coefficient (Wildman–Crippen LogP) is 3.60. The summed E-state index contributed by atoms with van der Waals surface area (Å²) in [7, 11) is 2.18. The monoisotopic (exact) mass is 299 g/mol. The highest BCUT2D eigenvalue weighted by molar-refractivity contribution is 7.11. The minimum absolute atomic E-state index is 1.05. The largest absolute Gasteiger partial charge is 0.369 e. The Balaban J connectivity index is 1.83. The van der Waals surface area contributed by atoms with Crippen molar-refractivity contribution in [1.29, 1.82) is 0 Å². The molecule has 1 fully saturated rings. The average molecular weight is 299 g/mol. The number of likely N-dealkylation sites (N-methyl/N-ethyl adjacent to an activating group) is 1. The molecule has 2 aromatic heterocycles. The van der Waals surface area contributed by atoms with E-state index in [-0.39, 0.29) is 0 Å². The molecule has 3 rings (SSSR count). The van der Waals surface area contributed by atoms with Crippen LogP contribution in [0.4, 0.5) is 5.69 Å². The highest BCUT2D eigenvalue weighted by Crippen LogP contribution is 2.30. The molecule has 0 radical (unpaired) electrons. The maximum atomic E-state index is 4.53. The molecule has 0 atom stereocenters. The summed E-state index contributed by atoms with van der Waals surface area (Å²) < 4.78 is 0. The van der Waals surface area contributed by atoms with E-state index in [9.17, 15) is 0 Å². The summed E-state index contributed by atoms with van der Waals surface area (Å²) in [5, 5.41) is 2.17. The fraction of sp³-hybridized carbons (Fsp3) is 0.353. The summed E-state index contributed by atoms with van der Waals surface area (Å²) in [5.74, 6) is 0. The van der Waals surface area contributed by atoms with Gasteiger partial charge in [-0.15, -0.1) is 11.3 Å². The molecule has 1 saturated heterocycles. The first-order chi connectivity index (χ1) is 10.1. The van der Waals surface area contributed by atoms with Crippen molar-refractivity contribution < 1.29 is 0 Å². The first-order valence-corrected chi connectivity index (χ1v) is 8.16. The maximum absolute atomic E-state index is 4.53. The molecule has 0 aromatic carbocycles. The first-order valence-electron chi connectivity index (χ1n) is 7.28. The molecule has 0 unspecified atom stereocenters. The average Bonchev–Trinajstić information content (AvgIpc) is 2.98. The Morgan fingerprint density at radius 3 is 2.67 bits per heavy atom. The van der Waals surface area contributed by atoms with Crippen LogP contribution in [0, 0.1) is 0 Å². The third-order valence-corrected chi connectivity index (χ3v) is 5.02. The second kappa shape index (κ2) is 6.00. The van der Waals surface area contributed by atoms with Crippen LogP contribution in [0.15, 0.2) is 36.4 Å². The van der Waals surface area contributed by atoms with Crippen molar-refractivity contribution in [3.63, 3.8) is 0 Å². The van der Waals surface area contributed by atoms with E-state index in [1.807, 2.05) is 13.1 Å². The zero-order valence-corrected chi connectivity index (χ0v) is 13.5. The molecule has 2 aromatic rings. The zero-order valence-electron chi connectivity index (χ0n) is 12.7. The molecular weight excluding hydrogens is 278 g/mol. The van der Waals surface area contributed by atoms with Crippen LogP contribution >= 0.6 is 11.3 Å². The summed E-state index contributed by atoms with van der Waals surface area (Å²) in [4.78, 5) is 10.6. The number of hydrogen-bond donors (Lipinski definition) is 0. The van der Waals surface area contributed by atoms with E-state index < -0.39 is 0 Å². The number of hydrogen-bond acceptors (Lipinski definition) is 4. The Hall–Kier alpha value is -1.65. The van der Waals surface area contributed by atoms with Crippen LogP contribution in [0.1, 0.15) is 11.8 Å². The summed E-state index contributed by atoms with van der Waals surface area (Å²) in [6.07, 6.45) is 1.92. The Labute approximate surface area is 130 Å². The second-order valence-electron chi connectivity index (χ2n) is 5.67. The van der Waals surface area contributed by atoms with Crippen molar-refractivity contribution in [2.75, 3.05) is 38.1 Å². The normalized spacial score (nSPS) is 16.2. The van der Waals surface area contributed by atoms with Gasteiger partial charge in [-0.05, 0) is 37.7 Å². The van der Waals surface area contributed by atoms with Crippen molar-refractivity contribution >= 4 is 22.6 Å². The summed E-state index contributed by atoms with van der Waals surface area (Å²) in [5.41, 5.74) is 4.63. The van der Waals surface area contributed by atoms with Crippen LogP contribution in [0.3, 0.4) is 0 Å². The molecule has 0 bridgehead atoms. The van der Waals surface area contributed by atoms with E-state index in [1.165, 1.54) is 16.1 Å². The molecule has 4 heteroatoms. The van der Waals surface area contributed by atoms with Crippen LogP contribution < -0.4 is 4.90 Å². The minimum atomic E-state index is 1.05. The lowest BCUT2D eigenvalue weighted by molar-refractivity contribution is 0.313. The van der Waals surface area contributed by atoms with Gasteiger partial charge in [0.1, 0.15) is 0 Å². The van der Waals surface area contributed by atoms with Crippen LogP contribution in [-0.2, 0) is 0 Å². The van der Waals surface area contributed by atoms with Gasteiger partial charge in [0, 0.05) is 53.9 Å². The molecule has 1 aliphatic heterocycles. The summed E-state index contributed by atoms with van der Waals surface area (Å²) in [6.45, 7) is 10.5. The fourth-order valence-electron chi connectivity index (χ4n) is 2.53. The lowest BCUT2D eigenvalue weighted by Gasteiger charge is -2.34. The lowest BCUT2D eigenvalue weighted by atomic mass is 10.1. The first kappa shape index (κ1) is 14.3. The van der Waals surface area contributed by atoms with Crippen LogP contribution in [0.25, 0.3) is 16.8 Å². The topological polar surface area (TPSA) is 19.4 Å². The van der Waals surface area contributed by atoms with Gasteiger partial charge in [-0.1, -0.05) is 6.58 Å². The third kappa shape index (κ3) is 3.17. The Kier molecular flexibility index (Phi) is 4.08. The Morgan fingerprint density at radius 1 is 1.24 bits per heavy atom. The fourth-order valence-corrected chi connectivity index (χ4v) is 3.37.